The Morgan fingerprint density at radius 3 is 2.59 bits per heavy atom. The van der Waals surface area contributed by atoms with Crippen LogP contribution in [0.1, 0.15) is 10.4 Å². The predicted octanol–water partition coefficient (Wildman–Crippen LogP) is 1.83. The SMILES string of the molecule is Cn1nnnc1NC(=O)c1ccc(Cl)c(OCC(=O)NCC(F)(F)F)c1Cl. The van der Waals surface area contributed by atoms with Crippen LogP contribution in [0.5, 0.6) is 5.75 Å². The molecule has 2 amide bonds. The van der Waals surface area contributed by atoms with Crippen LogP contribution >= 0.6 is 23.2 Å². The first kappa shape index (κ1) is 20.7. The van der Waals surface area contributed by atoms with Crippen molar-refractivity contribution in [2.24, 2.45) is 7.05 Å². The lowest BCUT2D eigenvalue weighted by atomic mass is 10.2. The average molecular weight is 427 g/mol. The Labute approximate surface area is 159 Å². The molecule has 1 aromatic heterocycles. The van der Waals surface area contributed by atoms with Gasteiger partial charge >= 0.3 is 6.18 Å². The zero-order valence-corrected chi connectivity index (χ0v) is 15.0. The fourth-order valence-corrected chi connectivity index (χ4v) is 2.30. The van der Waals surface area contributed by atoms with E-state index < -0.39 is 31.1 Å². The fourth-order valence-electron chi connectivity index (χ4n) is 1.73. The molecule has 0 saturated carbocycles. The molecule has 2 N–H and O–H groups in total. The molecule has 0 fully saturated rings. The third kappa shape index (κ3) is 5.69. The van der Waals surface area contributed by atoms with Gasteiger partial charge < -0.3 is 10.1 Å². The minimum Gasteiger partial charge on any atom is -0.481 e. The summed E-state index contributed by atoms with van der Waals surface area (Å²) in [6.07, 6.45) is -4.56. The standard InChI is InChI=1S/C13H11Cl2F3N6O3/c1-24-12(21-22-23-24)20-11(26)6-2-3-7(14)10(9(6)15)27-4-8(25)19-5-13(16,17)18/h2-3H,4-5H2,1H3,(H,19,25)(H,20,21,23,26). The van der Waals surface area contributed by atoms with Crippen LogP contribution in [0.25, 0.3) is 0 Å². The number of benzene rings is 1. The van der Waals surface area contributed by atoms with Crippen molar-refractivity contribution in [1.82, 2.24) is 25.5 Å². The molecule has 0 unspecified atom stereocenters. The molecule has 1 heterocycles. The summed E-state index contributed by atoms with van der Waals surface area (Å²) in [6, 6.07) is 2.57. The van der Waals surface area contributed by atoms with Gasteiger partial charge in [0.1, 0.15) is 6.54 Å². The molecule has 0 aliphatic rings. The molecule has 146 valence electrons. The lowest BCUT2D eigenvalue weighted by molar-refractivity contribution is -0.139. The van der Waals surface area contributed by atoms with Gasteiger partial charge in [0.25, 0.3) is 11.8 Å². The topological polar surface area (TPSA) is 111 Å². The first-order valence-electron chi connectivity index (χ1n) is 7.06. The summed E-state index contributed by atoms with van der Waals surface area (Å²) < 4.78 is 42.5. The molecule has 0 saturated heterocycles. The monoisotopic (exact) mass is 426 g/mol. The highest BCUT2D eigenvalue weighted by Crippen LogP contribution is 2.35. The number of aryl methyl sites for hydroxylation is 1. The zero-order valence-electron chi connectivity index (χ0n) is 13.5. The molecule has 0 radical (unpaired) electrons. The maximum absolute atomic E-state index is 12.3. The van der Waals surface area contributed by atoms with E-state index in [1.54, 1.807) is 5.32 Å². The second-order valence-electron chi connectivity index (χ2n) is 5.00. The van der Waals surface area contributed by atoms with Crippen molar-refractivity contribution in [2.45, 2.75) is 6.18 Å². The van der Waals surface area contributed by atoms with Crippen LogP contribution in [0, 0.1) is 0 Å². The number of hydrogen-bond donors (Lipinski definition) is 2. The summed E-state index contributed by atoms with van der Waals surface area (Å²) in [7, 11) is 1.49. The highest BCUT2D eigenvalue weighted by atomic mass is 35.5. The molecular formula is C13H11Cl2F3N6O3. The smallest absolute Gasteiger partial charge is 0.405 e. The third-order valence-electron chi connectivity index (χ3n) is 2.97. The van der Waals surface area contributed by atoms with E-state index in [1.165, 1.54) is 23.9 Å². The van der Waals surface area contributed by atoms with E-state index in [0.717, 1.165) is 0 Å². The molecule has 0 aliphatic carbocycles. The van der Waals surface area contributed by atoms with E-state index in [9.17, 15) is 22.8 Å². The average Bonchev–Trinajstić information content (AvgIpc) is 2.97. The molecule has 0 spiro atoms. The van der Waals surface area contributed by atoms with Crippen LogP contribution in [0.4, 0.5) is 19.1 Å². The quantitative estimate of drug-likeness (QED) is 0.728. The maximum Gasteiger partial charge on any atom is 0.405 e. The highest BCUT2D eigenvalue weighted by molar-refractivity contribution is 6.39. The van der Waals surface area contributed by atoms with Crippen LogP contribution in [0.2, 0.25) is 10.0 Å². The summed E-state index contributed by atoms with van der Waals surface area (Å²) in [5.74, 6) is -1.93. The number of alkyl halides is 3. The van der Waals surface area contributed by atoms with Crippen molar-refractivity contribution in [3.05, 3.63) is 27.7 Å². The third-order valence-corrected chi connectivity index (χ3v) is 3.65. The molecule has 0 aliphatic heterocycles. The van der Waals surface area contributed by atoms with E-state index in [2.05, 4.69) is 20.8 Å². The lowest BCUT2D eigenvalue weighted by Crippen LogP contribution is -2.36. The van der Waals surface area contributed by atoms with Gasteiger partial charge in [0.2, 0.25) is 5.95 Å². The number of carbonyl (C=O) groups is 2. The Morgan fingerprint density at radius 2 is 2.00 bits per heavy atom. The molecular weight excluding hydrogens is 416 g/mol. The summed E-state index contributed by atoms with van der Waals surface area (Å²) in [4.78, 5) is 23.7. The molecule has 2 rings (SSSR count). The van der Waals surface area contributed by atoms with Gasteiger partial charge in [-0.15, -0.1) is 0 Å². The second-order valence-corrected chi connectivity index (χ2v) is 5.78. The van der Waals surface area contributed by atoms with Crippen LogP contribution in [-0.2, 0) is 11.8 Å². The Hall–Kier alpha value is -2.60. The van der Waals surface area contributed by atoms with Crippen molar-refractivity contribution >= 4 is 41.0 Å². The van der Waals surface area contributed by atoms with Crippen molar-refractivity contribution in [2.75, 3.05) is 18.5 Å². The first-order valence-corrected chi connectivity index (χ1v) is 7.82. The number of aromatic nitrogens is 4. The minimum absolute atomic E-state index is 0.0412. The van der Waals surface area contributed by atoms with Crippen molar-refractivity contribution in [3.8, 4) is 5.75 Å². The number of halogens is 5. The van der Waals surface area contributed by atoms with Crippen molar-refractivity contribution < 1.29 is 27.5 Å². The molecule has 2 aromatic rings. The van der Waals surface area contributed by atoms with E-state index in [4.69, 9.17) is 27.9 Å². The summed E-state index contributed by atoms with van der Waals surface area (Å²) in [5.41, 5.74) is -0.0743. The van der Waals surface area contributed by atoms with Crippen LogP contribution in [0.15, 0.2) is 12.1 Å². The molecule has 0 bridgehead atoms. The first-order chi connectivity index (χ1) is 12.6. The molecule has 14 heteroatoms. The molecule has 9 nitrogen and oxygen atoms in total. The maximum atomic E-state index is 12.3. The van der Waals surface area contributed by atoms with Gasteiger partial charge in [0.05, 0.1) is 15.6 Å². The minimum atomic E-state index is -4.56. The number of nitrogens with one attached hydrogen (secondary N) is 2. The van der Waals surface area contributed by atoms with Gasteiger partial charge in [0.15, 0.2) is 12.4 Å². The Bertz CT molecular complexity index is 858. The van der Waals surface area contributed by atoms with Crippen molar-refractivity contribution in [3.63, 3.8) is 0 Å². The second kappa shape index (κ2) is 8.39. The Balaban J connectivity index is 2.09. The number of carbonyl (C=O) groups excluding carboxylic acids is 2. The van der Waals surface area contributed by atoms with Gasteiger partial charge in [-0.1, -0.05) is 28.3 Å². The fraction of sp³-hybridized carbons (Fsp3) is 0.308. The van der Waals surface area contributed by atoms with Crippen LogP contribution in [-0.4, -0.2) is 51.3 Å². The largest absolute Gasteiger partial charge is 0.481 e. The number of ether oxygens (including phenoxy) is 1. The van der Waals surface area contributed by atoms with Gasteiger partial charge in [-0.25, -0.2) is 4.68 Å². The zero-order chi connectivity index (χ0) is 20.2. The number of tetrazole rings is 1. The number of anilines is 1. The molecule has 27 heavy (non-hydrogen) atoms. The van der Waals surface area contributed by atoms with Crippen LogP contribution in [0.3, 0.4) is 0 Å². The van der Waals surface area contributed by atoms with E-state index >= 15 is 0 Å². The number of nitrogens with zero attached hydrogens (tertiary/aromatic N) is 4. The highest BCUT2D eigenvalue weighted by Gasteiger charge is 2.28. The number of hydrogen-bond acceptors (Lipinski definition) is 6. The molecule has 0 atom stereocenters. The van der Waals surface area contributed by atoms with E-state index in [0.29, 0.717) is 0 Å². The number of amides is 2. The van der Waals surface area contributed by atoms with Gasteiger partial charge in [-0.05, 0) is 22.6 Å². The van der Waals surface area contributed by atoms with Crippen LogP contribution < -0.4 is 15.4 Å². The van der Waals surface area contributed by atoms with E-state index in [1.807, 2.05) is 0 Å². The lowest BCUT2D eigenvalue weighted by Gasteiger charge is -2.13. The Morgan fingerprint density at radius 1 is 1.30 bits per heavy atom. The summed E-state index contributed by atoms with van der Waals surface area (Å²) in [5, 5.41) is 14.2. The van der Waals surface area contributed by atoms with Gasteiger partial charge in [-0.2, -0.15) is 13.2 Å². The van der Waals surface area contributed by atoms with Gasteiger partial charge in [-0.3, -0.25) is 14.9 Å². The van der Waals surface area contributed by atoms with Gasteiger partial charge in [0, 0.05) is 7.05 Å². The molecule has 1 aromatic carbocycles. The predicted molar refractivity (Wildman–Crippen MR) is 87.8 cm³/mol. The summed E-state index contributed by atoms with van der Waals surface area (Å²) >= 11 is 12.0. The summed E-state index contributed by atoms with van der Waals surface area (Å²) in [6.45, 7) is -2.29. The Kier molecular flexibility index (Phi) is 6.44. The number of rotatable bonds is 6. The normalized spacial score (nSPS) is 11.2. The van der Waals surface area contributed by atoms with Crippen molar-refractivity contribution in [1.29, 1.82) is 0 Å². The van der Waals surface area contributed by atoms with E-state index in [-0.39, 0.29) is 27.3 Å².